The minimum atomic E-state index is -2.35. The zero-order chi connectivity index (χ0) is 26.1. The number of hydrogen-bond donors (Lipinski definition) is 4. The molecule has 2 fully saturated rings. The minimum absolute atomic E-state index is 0.0935. The summed E-state index contributed by atoms with van der Waals surface area (Å²) in [6, 6.07) is 16.5. The Balaban J connectivity index is 1.16. The molecule has 2 saturated heterocycles. The Morgan fingerprint density at radius 2 is 1.76 bits per heavy atom. The van der Waals surface area contributed by atoms with Gasteiger partial charge in [0, 0.05) is 81.9 Å². The number of aromatic amines is 1. The molecule has 8 nitrogen and oxygen atoms in total. The summed E-state index contributed by atoms with van der Waals surface area (Å²) in [7, 11) is -2.35. The SMILES string of the molecule is O=c1cc(N2CCOCC2)cc(-c2cccc3c2Sc2ccc(NCCN4CCS(O)(O)CC4)cc2S3)[nH]1. The van der Waals surface area contributed by atoms with Crippen LogP contribution in [0.15, 0.2) is 72.9 Å². The molecule has 0 amide bonds. The molecule has 3 aromatic rings. The van der Waals surface area contributed by atoms with Gasteiger partial charge in [0.2, 0.25) is 5.56 Å². The van der Waals surface area contributed by atoms with E-state index in [4.69, 9.17) is 4.74 Å². The van der Waals surface area contributed by atoms with Gasteiger partial charge in [-0.25, -0.2) is 0 Å². The second kappa shape index (κ2) is 11.2. The van der Waals surface area contributed by atoms with E-state index >= 15 is 0 Å². The summed E-state index contributed by atoms with van der Waals surface area (Å²) in [6.45, 7) is 6.09. The third kappa shape index (κ3) is 5.89. The average molecular weight is 573 g/mol. The van der Waals surface area contributed by atoms with Crippen LogP contribution in [0.25, 0.3) is 11.3 Å². The topological polar surface area (TPSA) is 101 Å². The van der Waals surface area contributed by atoms with Gasteiger partial charge in [-0.2, -0.15) is 10.6 Å². The highest BCUT2D eigenvalue weighted by atomic mass is 32.3. The molecule has 38 heavy (non-hydrogen) atoms. The molecule has 6 rings (SSSR count). The fourth-order valence-electron chi connectivity index (χ4n) is 4.95. The van der Waals surface area contributed by atoms with Gasteiger partial charge in [-0.15, -0.1) is 0 Å². The summed E-state index contributed by atoms with van der Waals surface area (Å²) in [5.41, 5.74) is 3.80. The summed E-state index contributed by atoms with van der Waals surface area (Å²) in [5.74, 6) is 0.957. The Labute approximate surface area is 232 Å². The van der Waals surface area contributed by atoms with Gasteiger partial charge in [0.05, 0.1) is 30.4 Å². The van der Waals surface area contributed by atoms with Crippen molar-refractivity contribution in [2.75, 3.05) is 74.2 Å². The summed E-state index contributed by atoms with van der Waals surface area (Å²) in [5, 5.41) is 3.53. The van der Waals surface area contributed by atoms with E-state index in [1.54, 1.807) is 29.6 Å². The summed E-state index contributed by atoms with van der Waals surface area (Å²) in [4.78, 5) is 24.9. The minimum Gasteiger partial charge on any atom is -0.384 e. The molecule has 0 aliphatic carbocycles. The van der Waals surface area contributed by atoms with E-state index < -0.39 is 10.6 Å². The number of ether oxygens (including phenoxy) is 1. The Hall–Kier alpha value is -2.12. The molecule has 0 saturated carbocycles. The Morgan fingerprint density at radius 1 is 0.947 bits per heavy atom. The number of anilines is 2. The maximum Gasteiger partial charge on any atom is 0.250 e. The Kier molecular flexibility index (Phi) is 7.68. The highest BCUT2D eigenvalue weighted by Gasteiger charge is 2.23. The van der Waals surface area contributed by atoms with Crippen LogP contribution in [0.2, 0.25) is 0 Å². The number of benzene rings is 2. The molecule has 0 unspecified atom stereocenters. The Morgan fingerprint density at radius 3 is 2.58 bits per heavy atom. The first-order valence-corrected chi connectivity index (χ1v) is 16.4. The van der Waals surface area contributed by atoms with Crippen LogP contribution in [0, 0.1) is 0 Å². The number of hydrogen-bond acceptors (Lipinski definition) is 9. The lowest BCUT2D eigenvalue weighted by Gasteiger charge is -2.41. The predicted molar refractivity (Wildman–Crippen MR) is 158 cm³/mol. The van der Waals surface area contributed by atoms with Gasteiger partial charge in [-0.3, -0.25) is 18.8 Å². The van der Waals surface area contributed by atoms with Gasteiger partial charge in [-0.1, -0.05) is 35.7 Å². The zero-order valence-corrected chi connectivity index (χ0v) is 23.5. The molecule has 0 spiro atoms. The molecule has 4 heterocycles. The molecular formula is C27H32N4O4S3. The van der Waals surface area contributed by atoms with E-state index in [9.17, 15) is 13.9 Å². The van der Waals surface area contributed by atoms with E-state index in [0.29, 0.717) is 24.7 Å². The molecule has 0 atom stereocenters. The molecule has 0 radical (unpaired) electrons. The second-order valence-corrected chi connectivity index (χ2v) is 14.3. The van der Waals surface area contributed by atoms with Crippen LogP contribution >= 0.6 is 34.1 Å². The smallest absolute Gasteiger partial charge is 0.250 e. The lowest BCUT2D eigenvalue weighted by molar-refractivity contribution is 0.122. The second-order valence-electron chi connectivity index (χ2n) is 9.69. The Bertz CT molecular complexity index is 1370. The van der Waals surface area contributed by atoms with Crippen molar-refractivity contribution < 1.29 is 13.8 Å². The number of H-pyrrole nitrogens is 1. The van der Waals surface area contributed by atoms with E-state index in [1.165, 1.54) is 14.7 Å². The normalized spacial score (nSPS) is 19.9. The largest absolute Gasteiger partial charge is 0.384 e. The maximum atomic E-state index is 12.6. The highest BCUT2D eigenvalue weighted by molar-refractivity contribution is 8.24. The zero-order valence-electron chi connectivity index (χ0n) is 21.0. The van der Waals surface area contributed by atoms with Crippen LogP contribution in [0.5, 0.6) is 0 Å². The fraction of sp³-hybridized carbons (Fsp3) is 0.370. The van der Waals surface area contributed by atoms with E-state index in [-0.39, 0.29) is 5.56 Å². The van der Waals surface area contributed by atoms with Crippen molar-refractivity contribution in [3.63, 3.8) is 0 Å². The predicted octanol–water partition coefficient (Wildman–Crippen LogP) is 4.97. The molecule has 11 heteroatoms. The average Bonchev–Trinajstić information content (AvgIpc) is 2.92. The van der Waals surface area contributed by atoms with Crippen molar-refractivity contribution in [2.24, 2.45) is 0 Å². The van der Waals surface area contributed by atoms with Crippen LogP contribution in [-0.2, 0) is 4.74 Å². The quantitative estimate of drug-likeness (QED) is 0.255. The number of morpholine rings is 1. The van der Waals surface area contributed by atoms with E-state index in [2.05, 4.69) is 62.6 Å². The molecule has 3 aliphatic heterocycles. The molecule has 3 aliphatic rings. The first-order valence-electron chi connectivity index (χ1n) is 12.8. The van der Waals surface area contributed by atoms with Crippen molar-refractivity contribution in [2.45, 2.75) is 19.6 Å². The van der Waals surface area contributed by atoms with E-state index in [0.717, 1.165) is 66.8 Å². The summed E-state index contributed by atoms with van der Waals surface area (Å²) in [6.07, 6.45) is 0. The third-order valence-electron chi connectivity index (χ3n) is 7.08. The molecule has 2 aromatic carbocycles. The first kappa shape index (κ1) is 26.1. The number of rotatable bonds is 6. The van der Waals surface area contributed by atoms with Gasteiger partial charge in [0.1, 0.15) is 0 Å². The van der Waals surface area contributed by atoms with Crippen LogP contribution in [0.4, 0.5) is 11.4 Å². The molecule has 202 valence electrons. The van der Waals surface area contributed by atoms with Crippen LogP contribution in [0.3, 0.4) is 0 Å². The van der Waals surface area contributed by atoms with E-state index in [1.807, 2.05) is 0 Å². The molecule has 1 aromatic heterocycles. The monoisotopic (exact) mass is 572 g/mol. The van der Waals surface area contributed by atoms with Crippen LogP contribution < -0.4 is 15.8 Å². The number of nitrogens with zero attached hydrogens (tertiary/aromatic N) is 2. The highest BCUT2D eigenvalue weighted by Crippen LogP contribution is 2.52. The van der Waals surface area contributed by atoms with Crippen molar-refractivity contribution in [3.8, 4) is 11.3 Å². The summed E-state index contributed by atoms with van der Waals surface area (Å²) >= 11 is 3.51. The number of fused-ring (bicyclic) bond motifs is 2. The lowest BCUT2D eigenvalue weighted by atomic mass is 10.1. The number of pyridine rings is 1. The van der Waals surface area contributed by atoms with Gasteiger partial charge in [0.15, 0.2) is 0 Å². The first-order chi connectivity index (χ1) is 18.4. The lowest BCUT2D eigenvalue weighted by Crippen LogP contribution is -2.40. The molecule has 0 bridgehead atoms. The number of aromatic nitrogens is 1. The fourth-order valence-corrected chi connectivity index (χ4v) is 8.67. The van der Waals surface area contributed by atoms with Crippen molar-refractivity contribution in [3.05, 3.63) is 58.9 Å². The van der Waals surface area contributed by atoms with Crippen molar-refractivity contribution >= 4 is 45.5 Å². The number of nitrogens with one attached hydrogen (secondary N) is 2. The van der Waals surface area contributed by atoms with Crippen molar-refractivity contribution in [1.82, 2.24) is 9.88 Å². The summed E-state index contributed by atoms with van der Waals surface area (Å²) < 4.78 is 25.1. The van der Waals surface area contributed by atoms with Crippen LogP contribution in [0.1, 0.15) is 0 Å². The molecular weight excluding hydrogens is 541 g/mol. The van der Waals surface area contributed by atoms with Gasteiger partial charge in [-0.05, 0) is 30.3 Å². The van der Waals surface area contributed by atoms with Gasteiger partial charge in [0.25, 0.3) is 0 Å². The standard InChI is InChI=1S/C27H32N4O4S3/c32-26-18-20(31-8-12-35-13-9-31)17-22(29-26)21-2-1-3-24-27(21)37-23-5-4-19(16-25(23)36-24)28-6-7-30-10-14-38(33,34)15-11-30/h1-5,16-18,28,33-34H,6-15H2,(H,29,32). The molecule has 4 N–H and O–H groups in total. The maximum absolute atomic E-state index is 12.6. The third-order valence-corrected chi connectivity index (χ3v) is 11.3. The van der Waals surface area contributed by atoms with Gasteiger partial charge >= 0.3 is 0 Å². The van der Waals surface area contributed by atoms with Crippen molar-refractivity contribution in [1.29, 1.82) is 0 Å². The van der Waals surface area contributed by atoms with Crippen LogP contribution in [-0.4, -0.2) is 83.0 Å². The van der Waals surface area contributed by atoms with Gasteiger partial charge < -0.3 is 19.9 Å².